The van der Waals surface area contributed by atoms with Gasteiger partial charge in [-0.2, -0.15) is 0 Å². The topological polar surface area (TPSA) is 42.4 Å². The van der Waals surface area contributed by atoms with E-state index < -0.39 is 0 Å². The second kappa shape index (κ2) is 8.67. The summed E-state index contributed by atoms with van der Waals surface area (Å²) in [6.07, 6.45) is 0.971. The van der Waals surface area contributed by atoms with E-state index in [0.29, 0.717) is 18.0 Å². The average molecular weight is 417 g/mol. The number of hydrogen-bond acceptors (Lipinski definition) is 4. The van der Waals surface area contributed by atoms with Crippen molar-refractivity contribution in [2.45, 2.75) is 26.7 Å². The van der Waals surface area contributed by atoms with Crippen molar-refractivity contribution < 1.29 is 9.53 Å². The zero-order valence-corrected chi connectivity index (χ0v) is 18.2. The van der Waals surface area contributed by atoms with Crippen LogP contribution < -0.4 is 9.64 Å². The van der Waals surface area contributed by atoms with E-state index in [4.69, 9.17) is 9.72 Å². The number of thiazole rings is 1. The molecule has 0 radical (unpaired) electrons. The van der Waals surface area contributed by atoms with E-state index >= 15 is 0 Å². The van der Waals surface area contributed by atoms with Crippen molar-refractivity contribution in [1.82, 2.24) is 4.98 Å². The van der Waals surface area contributed by atoms with Gasteiger partial charge in [-0.05, 0) is 67.3 Å². The van der Waals surface area contributed by atoms with Crippen molar-refractivity contribution in [1.29, 1.82) is 0 Å². The summed E-state index contributed by atoms with van der Waals surface area (Å²) in [5, 5.41) is 0.700. The van der Waals surface area contributed by atoms with Crippen LogP contribution in [0.15, 0.2) is 66.7 Å². The molecule has 3 aromatic carbocycles. The van der Waals surface area contributed by atoms with Crippen LogP contribution in [0.3, 0.4) is 0 Å². The summed E-state index contributed by atoms with van der Waals surface area (Å²) in [7, 11) is 1.66. The first-order valence-electron chi connectivity index (χ1n) is 9.94. The average Bonchev–Trinajstić information content (AvgIpc) is 3.15. The maximum absolute atomic E-state index is 13.5. The van der Waals surface area contributed by atoms with E-state index in [2.05, 4.69) is 6.07 Å². The van der Waals surface area contributed by atoms with E-state index in [0.717, 1.165) is 38.3 Å². The van der Waals surface area contributed by atoms with Gasteiger partial charge in [0.1, 0.15) is 5.75 Å². The first-order valence-corrected chi connectivity index (χ1v) is 10.8. The molecule has 1 aromatic heterocycles. The van der Waals surface area contributed by atoms with Gasteiger partial charge < -0.3 is 4.74 Å². The fourth-order valence-corrected chi connectivity index (χ4v) is 4.66. The summed E-state index contributed by atoms with van der Waals surface area (Å²) in [6.45, 7) is 4.10. The van der Waals surface area contributed by atoms with Gasteiger partial charge in [-0.25, -0.2) is 4.98 Å². The molecule has 0 aliphatic heterocycles. The molecule has 0 aliphatic carbocycles. The molecule has 5 heteroatoms. The summed E-state index contributed by atoms with van der Waals surface area (Å²) in [6, 6.07) is 22.0. The van der Waals surface area contributed by atoms with Gasteiger partial charge in [0.05, 0.1) is 23.0 Å². The molecule has 30 heavy (non-hydrogen) atoms. The molecule has 152 valence electrons. The number of carbonyl (C=O) groups is 1. The fourth-order valence-electron chi connectivity index (χ4n) is 3.66. The van der Waals surface area contributed by atoms with Crippen LogP contribution in [-0.4, -0.2) is 18.0 Å². The minimum Gasteiger partial charge on any atom is -0.496 e. The van der Waals surface area contributed by atoms with Crippen LogP contribution in [0.4, 0.5) is 10.8 Å². The molecule has 0 atom stereocenters. The van der Waals surface area contributed by atoms with Gasteiger partial charge in [-0.1, -0.05) is 47.7 Å². The van der Waals surface area contributed by atoms with Crippen molar-refractivity contribution in [2.24, 2.45) is 0 Å². The van der Waals surface area contributed by atoms with Crippen LogP contribution in [0.25, 0.3) is 10.2 Å². The Hall–Kier alpha value is -3.18. The van der Waals surface area contributed by atoms with Crippen molar-refractivity contribution in [3.8, 4) is 5.75 Å². The van der Waals surface area contributed by atoms with Crippen LogP contribution in [-0.2, 0) is 11.2 Å². The number of ether oxygens (including phenoxy) is 1. The molecule has 1 amide bonds. The molecule has 0 saturated carbocycles. The third-order valence-corrected chi connectivity index (χ3v) is 6.01. The van der Waals surface area contributed by atoms with Crippen molar-refractivity contribution in [3.05, 3.63) is 83.4 Å². The van der Waals surface area contributed by atoms with Crippen molar-refractivity contribution in [2.75, 3.05) is 12.0 Å². The Morgan fingerprint density at radius 1 is 1.00 bits per heavy atom. The highest BCUT2D eigenvalue weighted by Crippen LogP contribution is 2.35. The number of carbonyl (C=O) groups excluding carboxylic acids is 1. The van der Waals surface area contributed by atoms with Crippen molar-refractivity contribution in [3.63, 3.8) is 0 Å². The van der Waals surface area contributed by atoms with Gasteiger partial charge in [0.25, 0.3) is 0 Å². The lowest BCUT2D eigenvalue weighted by Crippen LogP contribution is -2.26. The second-order valence-electron chi connectivity index (χ2n) is 7.35. The number of methoxy groups -OCH3 is 1. The molecule has 1 heterocycles. The lowest BCUT2D eigenvalue weighted by atomic mass is 10.1. The number of para-hydroxylation sites is 2. The van der Waals surface area contributed by atoms with Gasteiger partial charge >= 0.3 is 0 Å². The molecule has 0 bridgehead atoms. The van der Waals surface area contributed by atoms with Crippen LogP contribution in [0.1, 0.15) is 23.1 Å². The highest BCUT2D eigenvalue weighted by Gasteiger charge is 2.22. The third kappa shape index (κ3) is 4.21. The summed E-state index contributed by atoms with van der Waals surface area (Å²) in [5.41, 5.74) is 5.03. The maximum atomic E-state index is 13.5. The lowest BCUT2D eigenvalue weighted by molar-refractivity contribution is -0.117. The molecular weight excluding hydrogens is 392 g/mol. The molecule has 0 aliphatic rings. The summed E-state index contributed by atoms with van der Waals surface area (Å²) < 4.78 is 6.51. The molecular formula is C25H24N2O2S. The Kier molecular flexibility index (Phi) is 5.81. The smallest absolute Gasteiger partial charge is 0.233 e. The maximum Gasteiger partial charge on any atom is 0.233 e. The lowest BCUT2D eigenvalue weighted by Gasteiger charge is -2.21. The highest BCUT2D eigenvalue weighted by molar-refractivity contribution is 7.22. The Morgan fingerprint density at radius 2 is 1.70 bits per heavy atom. The number of hydrogen-bond donors (Lipinski definition) is 0. The van der Waals surface area contributed by atoms with Gasteiger partial charge in [0.15, 0.2) is 5.13 Å². The van der Waals surface area contributed by atoms with Gasteiger partial charge in [0, 0.05) is 6.42 Å². The number of aromatic nitrogens is 1. The first-order chi connectivity index (χ1) is 14.5. The number of benzene rings is 3. The Balaban J connectivity index is 1.70. The molecule has 4 rings (SSSR count). The number of amides is 1. The molecule has 4 nitrogen and oxygen atoms in total. The number of rotatable bonds is 6. The predicted molar refractivity (Wildman–Crippen MR) is 124 cm³/mol. The van der Waals surface area contributed by atoms with Gasteiger partial charge in [-0.15, -0.1) is 0 Å². The molecule has 0 fully saturated rings. The van der Waals surface area contributed by atoms with E-state index in [9.17, 15) is 4.79 Å². The van der Waals surface area contributed by atoms with Crippen LogP contribution in [0.2, 0.25) is 0 Å². The predicted octanol–water partition coefficient (Wildman–Crippen LogP) is 6.22. The fraction of sp³-hybridized carbons (Fsp3) is 0.200. The quantitative estimate of drug-likeness (QED) is 0.375. The number of aryl methyl sites for hydroxylation is 3. The Labute approximate surface area is 180 Å². The van der Waals surface area contributed by atoms with Crippen LogP contribution in [0, 0.1) is 13.8 Å². The number of nitrogens with zero attached hydrogens (tertiary/aromatic N) is 2. The van der Waals surface area contributed by atoms with Crippen molar-refractivity contribution >= 4 is 38.3 Å². The number of fused-ring (bicyclic) bond motifs is 1. The number of anilines is 2. The van der Waals surface area contributed by atoms with E-state index in [-0.39, 0.29) is 5.91 Å². The Morgan fingerprint density at radius 3 is 2.43 bits per heavy atom. The first kappa shape index (κ1) is 20.1. The van der Waals surface area contributed by atoms with E-state index in [1.165, 1.54) is 11.3 Å². The largest absolute Gasteiger partial charge is 0.496 e. The minimum absolute atomic E-state index is 0.0185. The Bertz CT molecular complexity index is 1150. The molecule has 0 unspecified atom stereocenters. The standard InChI is InChI=1S/C25H24N2O2S/c1-17-14-18(2)16-20(15-17)27(25-26-21-9-5-7-11-23(21)30-25)24(28)13-12-19-8-4-6-10-22(19)29-3/h4-11,14-16H,12-13H2,1-3H3. The van der Waals surface area contributed by atoms with Crippen LogP contribution >= 0.6 is 11.3 Å². The van der Waals surface area contributed by atoms with E-state index in [1.807, 2.05) is 74.5 Å². The zero-order valence-electron chi connectivity index (χ0n) is 17.4. The molecule has 4 aromatic rings. The summed E-state index contributed by atoms with van der Waals surface area (Å²) >= 11 is 1.54. The van der Waals surface area contributed by atoms with Gasteiger partial charge in [-0.3, -0.25) is 9.69 Å². The summed E-state index contributed by atoms with van der Waals surface area (Å²) in [5.74, 6) is 0.827. The van der Waals surface area contributed by atoms with E-state index in [1.54, 1.807) is 12.0 Å². The normalized spacial score (nSPS) is 10.9. The van der Waals surface area contributed by atoms with Crippen LogP contribution in [0.5, 0.6) is 5.75 Å². The molecule has 0 N–H and O–H groups in total. The minimum atomic E-state index is 0.0185. The third-order valence-electron chi connectivity index (χ3n) is 4.99. The molecule has 0 saturated heterocycles. The molecule has 0 spiro atoms. The monoisotopic (exact) mass is 416 g/mol. The zero-order chi connectivity index (χ0) is 21.1. The SMILES string of the molecule is COc1ccccc1CCC(=O)N(c1cc(C)cc(C)c1)c1nc2ccccc2s1. The summed E-state index contributed by atoms with van der Waals surface area (Å²) in [4.78, 5) is 20.0. The highest BCUT2D eigenvalue weighted by atomic mass is 32.1. The van der Waals surface area contributed by atoms with Gasteiger partial charge in [0.2, 0.25) is 5.91 Å². The second-order valence-corrected chi connectivity index (χ2v) is 8.36.